The van der Waals surface area contributed by atoms with E-state index in [1.165, 1.54) is 0 Å². The molecular formula is C13H8BrN3O3. The summed E-state index contributed by atoms with van der Waals surface area (Å²) in [6.45, 7) is 0. The highest BCUT2D eigenvalue weighted by Crippen LogP contribution is 2.16. The smallest absolute Gasteiger partial charge is 0.408 e. The Kier molecular flexibility index (Phi) is 3.11. The molecule has 1 aromatic carbocycles. The predicted octanol–water partition coefficient (Wildman–Crippen LogP) is 2.53. The number of hydrogen-bond acceptors (Lipinski definition) is 4. The number of benzene rings is 1. The number of hydrogen-bond donors (Lipinski definition) is 2. The van der Waals surface area contributed by atoms with E-state index in [2.05, 4.69) is 31.2 Å². The minimum absolute atomic E-state index is 0.320. The molecule has 7 heteroatoms. The van der Waals surface area contributed by atoms with Crippen molar-refractivity contribution in [2.24, 2.45) is 0 Å². The number of carbonyl (C=O) groups is 1. The molecule has 1 amide bonds. The van der Waals surface area contributed by atoms with Crippen molar-refractivity contribution in [1.29, 1.82) is 0 Å². The van der Waals surface area contributed by atoms with Crippen LogP contribution in [0, 0.1) is 0 Å². The van der Waals surface area contributed by atoms with Crippen molar-refractivity contribution < 1.29 is 9.21 Å². The Balaban J connectivity index is 1.90. The summed E-state index contributed by atoms with van der Waals surface area (Å²) >= 11 is 3.30. The van der Waals surface area contributed by atoms with Gasteiger partial charge >= 0.3 is 5.76 Å². The van der Waals surface area contributed by atoms with Gasteiger partial charge in [0.2, 0.25) is 0 Å². The average Bonchev–Trinajstić information content (AvgIpc) is 2.77. The first kappa shape index (κ1) is 12.6. The first-order chi connectivity index (χ1) is 9.61. The first-order valence-corrected chi connectivity index (χ1v) is 6.47. The number of oxazole rings is 1. The quantitative estimate of drug-likeness (QED) is 0.754. The molecule has 0 atom stereocenters. The molecule has 2 heterocycles. The van der Waals surface area contributed by atoms with Gasteiger partial charge in [-0.2, -0.15) is 0 Å². The maximum atomic E-state index is 12.1. The van der Waals surface area contributed by atoms with Gasteiger partial charge in [-0.3, -0.25) is 9.78 Å². The molecule has 0 radical (unpaired) electrons. The molecule has 3 aromatic rings. The lowest BCUT2D eigenvalue weighted by atomic mass is 10.2. The van der Waals surface area contributed by atoms with Crippen molar-refractivity contribution in [2.75, 3.05) is 5.32 Å². The Morgan fingerprint density at radius 2 is 2.15 bits per heavy atom. The fourth-order valence-electron chi connectivity index (χ4n) is 1.75. The highest BCUT2D eigenvalue weighted by atomic mass is 79.9. The van der Waals surface area contributed by atoms with E-state index in [-0.39, 0.29) is 5.91 Å². The van der Waals surface area contributed by atoms with Crippen molar-refractivity contribution >= 4 is 38.8 Å². The van der Waals surface area contributed by atoms with Crippen LogP contribution in [0.2, 0.25) is 0 Å². The number of rotatable bonds is 2. The van der Waals surface area contributed by atoms with E-state index < -0.39 is 5.76 Å². The Labute approximate surface area is 121 Å². The third-order valence-electron chi connectivity index (χ3n) is 2.64. The fourth-order valence-corrected chi connectivity index (χ4v) is 2.09. The number of nitrogens with one attached hydrogen (secondary N) is 2. The maximum Gasteiger partial charge on any atom is 0.417 e. The summed E-state index contributed by atoms with van der Waals surface area (Å²) in [4.78, 5) is 29.7. The minimum Gasteiger partial charge on any atom is -0.408 e. The van der Waals surface area contributed by atoms with Crippen LogP contribution in [-0.4, -0.2) is 15.9 Å². The van der Waals surface area contributed by atoms with Crippen LogP contribution in [0.25, 0.3) is 11.1 Å². The molecule has 20 heavy (non-hydrogen) atoms. The van der Waals surface area contributed by atoms with E-state index in [0.29, 0.717) is 22.5 Å². The zero-order valence-electron chi connectivity index (χ0n) is 10.0. The number of aromatic nitrogens is 2. The van der Waals surface area contributed by atoms with Crippen molar-refractivity contribution in [3.05, 3.63) is 57.1 Å². The van der Waals surface area contributed by atoms with Crippen molar-refractivity contribution in [3.8, 4) is 0 Å². The molecular weight excluding hydrogens is 326 g/mol. The van der Waals surface area contributed by atoms with Crippen LogP contribution in [0.5, 0.6) is 0 Å². The van der Waals surface area contributed by atoms with Crippen molar-refractivity contribution in [2.45, 2.75) is 0 Å². The van der Waals surface area contributed by atoms with Crippen LogP contribution in [0.4, 0.5) is 5.82 Å². The molecule has 0 bridgehead atoms. The molecule has 0 aliphatic rings. The van der Waals surface area contributed by atoms with E-state index in [1.54, 1.807) is 36.5 Å². The van der Waals surface area contributed by atoms with E-state index >= 15 is 0 Å². The SMILES string of the molecule is O=C(Nc1cc(Br)ccn1)c1ccc2oc(=O)[nH]c2c1. The second kappa shape index (κ2) is 4.93. The molecule has 6 nitrogen and oxygen atoms in total. The average molecular weight is 334 g/mol. The molecule has 2 aromatic heterocycles. The molecule has 0 aliphatic heterocycles. The van der Waals surface area contributed by atoms with E-state index in [4.69, 9.17) is 4.42 Å². The fraction of sp³-hybridized carbons (Fsp3) is 0. The third-order valence-corrected chi connectivity index (χ3v) is 3.14. The largest absolute Gasteiger partial charge is 0.417 e. The first-order valence-electron chi connectivity index (χ1n) is 5.67. The summed E-state index contributed by atoms with van der Waals surface area (Å²) in [6.07, 6.45) is 1.58. The number of anilines is 1. The Bertz CT molecular complexity index is 853. The lowest BCUT2D eigenvalue weighted by Gasteiger charge is -2.04. The molecule has 100 valence electrons. The monoisotopic (exact) mass is 333 g/mol. The topological polar surface area (TPSA) is 88.0 Å². The van der Waals surface area contributed by atoms with Crippen LogP contribution in [0.15, 0.2) is 50.2 Å². The van der Waals surface area contributed by atoms with Crippen LogP contribution < -0.4 is 11.1 Å². The summed E-state index contributed by atoms with van der Waals surface area (Å²) in [5.74, 6) is -0.434. The van der Waals surface area contributed by atoms with Gasteiger partial charge in [-0.15, -0.1) is 0 Å². The number of aromatic amines is 1. The standard InChI is InChI=1S/C13H8BrN3O3/c14-8-3-4-15-11(6-8)17-12(18)7-1-2-10-9(5-7)16-13(19)20-10/h1-6H,(H,16,19)(H,15,17,18). The van der Waals surface area contributed by atoms with Gasteiger partial charge in [-0.05, 0) is 30.3 Å². The number of carbonyl (C=O) groups excluding carboxylic acids is 1. The van der Waals surface area contributed by atoms with Crippen LogP contribution in [0.3, 0.4) is 0 Å². The van der Waals surface area contributed by atoms with Gasteiger partial charge in [0.25, 0.3) is 5.91 Å². The molecule has 0 spiro atoms. The third kappa shape index (κ3) is 2.48. The molecule has 0 saturated carbocycles. The van der Waals surface area contributed by atoms with Gasteiger partial charge in [0.1, 0.15) is 5.82 Å². The number of nitrogens with zero attached hydrogens (tertiary/aromatic N) is 1. The second-order valence-corrected chi connectivity index (χ2v) is 4.95. The number of H-pyrrole nitrogens is 1. The number of fused-ring (bicyclic) bond motifs is 1. The van der Waals surface area contributed by atoms with Gasteiger partial charge < -0.3 is 9.73 Å². The summed E-state index contributed by atoms with van der Waals surface area (Å²) in [5.41, 5.74) is 1.29. The summed E-state index contributed by atoms with van der Waals surface area (Å²) in [5, 5.41) is 2.67. The van der Waals surface area contributed by atoms with Crippen LogP contribution in [0.1, 0.15) is 10.4 Å². The van der Waals surface area contributed by atoms with Crippen molar-refractivity contribution in [3.63, 3.8) is 0 Å². The number of halogens is 1. The lowest BCUT2D eigenvalue weighted by molar-refractivity contribution is 0.102. The van der Waals surface area contributed by atoms with Crippen molar-refractivity contribution in [1.82, 2.24) is 9.97 Å². The highest BCUT2D eigenvalue weighted by molar-refractivity contribution is 9.10. The van der Waals surface area contributed by atoms with E-state index in [1.807, 2.05) is 0 Å². The molecule has 2 N–H and O–H groups in total. The lowest BCUT2D eigenvalue weighted by Crippen LogP contribution is -2.12. The molecule has 0 fully saturated rings. The van der Waals surface area contributed by atoms with Gasteiger partial charge in [-0.25, -0.2) is 9.78 Å². The normalized spacial score (nSPS) is 10.7. The zero-order valence-corrected chi connectivity index (χ0v) is 11.6. The molecule has 0 unspecified atom stereocenters. The van der Waals surface area contributed by atoms with Gasteiger partial charge in [-0.1, -0.05) is 15.9 Å². The summed E-state index contributed by atoms with van der Waals surface area (Å²) in [7, 11) is 0. The predicted molar refractivity (Wildman–Crippen MR) is 76.7 cm³/mol. The number of amides is 1. The Hall–Kier alpha value is -2.41. The zero-order chi connectivity index (χ0) is 14.1. The summed E-state index contributed by atoms with van der Waals surface area (Å²) in [6, 6.07) is 8.14. The molecule has 0 saturated heterocycles. The Morgan fingerprint density at radius 3 is 2.95 bits per heavy atom. The van der Waals surface area contributed by atoms with Gasteiger partial charge in [0, 0.05) is 16.2 Å². The van der Waals surface area contributed by atoms with E-state index in [0.717, 1.165) is 4.47 Å². The minimum atomic E-state index is -0.550. The molecule has 0 aliphatic carbocycles. The maximum absolute atomic E-state index is 12.1. The van der Waals surface area contributed by atoms with Crippen LogP contribution >= 0.6 is 15.9 Å². The summed E-state index contributed by atoms with van der Waals surface area (Å²) < 4.78 is 5.69. The number of pyridine rings is 1. The van der Waals surface area contributed by atoms with Crippen LogP contribution in [-0.2, 0) is 0 Å². The van der Waals surface area contributed by atoms with E-state index in [9.17, 15) is 9.59 Å². The Morgan fingerprint density at radius 1 is 1.30 bits per heavy atom. The molecule has 3 rings (SSSR count). The van der Waals surface area contributed by atoms with Gasteiger partial charge in [0.05, 0.1) is 5.52 Å². The highest BCUT2D eigenvalue weighted by Gasteiger charge is 2.09. The van der Waals surface area contributed by atoms with Gasteiger partial charge in [0.15, 0.2) is 5.58 Å². The second-order valence-electron chi connectivity index (χ2n) is 4.04.